The standard InChI is InChI=1S/C13H13NO3S/c14-6-13(9-3-4-18-7-9)17-10-1-2-11-12(5-10)16-8-15-11/h1-5,7,13H,6,8,14H2. The Hall–Kier alpha value is -1.72. The van der Waals surface area contributed by atoms with Crippen molar-refractivity contribution in [3.05, 3.63) is 40.6 Å². The van der Waals surface area contributed by atoms with Gasteiger partial charge in [0.1, 0.15) is 11.9 Å². The van der Waals surface area contributed by atoms with E-state index < -0.39 is 0 Å². The van der Waals surface area contributed by atoms with Gasteiger partial charge in [0.15, 0.2) is 11.5 Å². The third-order valence-corrected chi connectivity index (χ3v) is 3.45. The second-order valence-corrected chi connectivity index (χ2v) is 4.69. The lowest BCUT2D eigenvalue weighted by Gasteiger charge is -2.16. The Balaban J connectivity index is 1.79. The van der Waals surface area contributed by atoms with Crippen LogP contribution in [0.25, 0.3) is 0 Å². The zero-order valence-corrected chi connectivity index (χ0v) is 10.5. The zero-order valence-electron chi connectivity index (χ0n) is 9.67. The van der Waals surface area contributed by atoms with Gasteiger partial charge in [-0.25, -0.2) is 0 Å². The molecular formula is C13H13NO3S. The molecule has 2 heterocycles. The van der Waals surface area contributed by atoms with Crippen LogP contribution in [-0.4, -0.2) is 13.3 Å². The molecule has 0 spiro atoms. The first-order chi connectivity index (χ1) is 8.86. The highest BCUT2D eigenvalue weighted by atomic mass is 32.1. The van der Waals surface area contributed by atoms with Gasteiger partial charge in [-0.3, -0.25) is 0 Å². The van der Waals surface area contributed by atoms with E-state index in [1.807, 2.05) is 35.0 Å². The van der Waals surface area contributed by atoms with Crippen molar-refractivity contribution in [1.29, 1.82) is 0 Å². The van der Waals surface area contributed by atoms with Crippen molar-refractivity contribution in [3.63, 3.8) is 0 Å². The minimum atomic E-state index is -0.128. The van der Waals surface area contributed by atoms with E-state index in [0.717, 1.165) is 17.1 Å². The van der Waals surface area contributed by atoms with E-state index in [9.17, 15) is 0 Å². The van der Waals surface area contributed by atoms with Crippen LogP contribution < -0.4 is 19.9 Å². The van der Waals surface area contributed by atoms with E-state index in [0.29, 0.717) is 12.3 Å². The summed E-state index contributed by atoms with van der Waals surface area (Å²) in [4.78, 5) is 0. The van der Waals surface area contributed by atoms with Gasteiger partial charge in [0, 0.05) is 18.2 Å². The Morgan fingerprint density at radius 3 is 2.94 bits per heavy atom. The molecule has 0 bridgehead atoms. The fraction of sp³-hybridized carbons (Fsp3) is 0.231. The molecule has 0 fully saturated rings. The van der Waals surface area contributed by atoms with Gasteiger partial charge in [0.25, 0.3) is 0 Å². The lowest BCUT2D eigenvalue weighted by Crippen LogP contribution is -2.17. The molecule has 3 rings (SSSR count). The molecule has 4 nitrogen and oxygen atoms in total. The Labute approximate surface area is 109 Å². The Morgan fingerprint density at radius 1 is 1.28 bits per heavy atom. The zero-order chi connectivity index (χ0) is 12.4. The molecule has 1 aromatic heterocycles. The Morgan fingerprint density at radius 2 is 2.17 bits per heavy atom. The van der Waals surface area contributed by atoms with Gasteiger partial charge in [-0.15, -0.1) is 0 Å². The molecule has 0 amide bonds. The Bertz CT molecular complexity index is 527. The highest BCUT2D eigenvalue weighted by molar-refractivity contribution is 7.07. The molecule has 0 aliphatic carbocycles. The summed E-state index contributed by atoms with van der Waals surface area (Å²) < 4.78 is 16.4. The maximum Gasteiger partial charge on any atom is 0.231 e. The van der Waals surface area contributed by atoms with Crippen molar-refractivity contribution in [2.24, 2.45) is 5.73 Å². The van der Waals surface area contributed by atoms with Crippen molar-refractivity contribution in [3.8, 4) is 17.2 Å². The molecule has 1 unspecified atom stereocenters. The van der Waals surface area contributed by atoms with E-state index >= 15 is 0 Å². The lowest BCUT2D eigenvalue weighted by atomic mass is 10.2. The van der Waals surface area contributed by atoms with Crippen LogP contribution in [0.3, 0.4) is 0 Å². The highest BCUT2D eigenvalue weighted by Gasteiger charge is 2.16. The van der Waals surface area contributed by atoms with Crippen LogP contribution in [-0.2, 0) is 0 Å². The molecule has 1 aliphatic heterocycles. The summed E-state index contributed by atoms with van der Waals surface area (Å²) in [6, 6.07) is 7.56. The summed E-state index contributed by atoms with van der Waals surface area (Å²) >= 11 is 1.63. The van der Waals surface area contributed by atoms with Crippen molar-refractivity contribution < 1.29 is 14.2 Å². The molecule has 2 aromatic rings. The molecule has 1 atom stereocenters. The molecule has 5 heteroatoms. The van der Waals surface area contributed by atoms with Crippen LogP contribution in [0, 0.1) is 0 Å². The fourth-order valence-corrected chi connectivity index (χ4v) is 2.53. The van der Waals surface area contributed by atoms with Crippen LogP contribution in [0.4, 0.5) is 0 Å². The van der Waals surface area contributed by atoms with Gasteiger partial charge < -0.3 is 19.9 Å². The number of fused-ring (bicyclic) bond motifs is 1. The van der Waals surface area contributed by atoms with Crippen LogP contribution >= 0.6 is 11.3 Å². The quantitative estimate of drug-likeness (QED) is 0.921. The number of hydrogen-bond acceptors (Lipinski definition) is 5. The van der Waals surface area contributed by atoms with Crippen molar-refractivity contribution in [2.45, 2.75) is 6.10 Å². The monoisotopic (exact) mass is 263 g/mol. The predicted octanol–water partition coefficient (Wildman–Crippen LogP) is 2.56. The first-order valence-electron chi connectivity index (χ1n) is 5.65. The van der Waals surface area contributed by atoms with E-state index in [2.05, 4.69) is 0 Å². The number of ether oxygens (including phenoxy) is 3. The highest BCUT2D eigenvalue weighted by Crippen LogP contribution is 2.36. The van der Waals surface area contributed by atoms with Gasteiger partial charge in [0.05, 0.1) is 0 Å². The first kappa shape index (κ1) is 11.4. The molecule has 2 N–H and O–H groups in total. The summed E-state index contributed by atoms with van der Waals surface area (Å²) in [6.07, 6.45) is -0.128. The number of benzene rings is 1. The molecule has 94 valence electrons. The summed E-state index contributed by atoms with van der Waals surface area (Å²) in [6.45, 7) is 0.703. The maximum absolute atomic E-state index is 5.88. The average Bonchev–Trinajstić information content (AvgIpc) is 3.06. The van der Waals surface area contributed by atoms with Crippen LogP contribution in [0.1, 0.15) is 11.7 Å². The fourth-order valence-electron chi connectivity index (χ4n) is 1.82. The van der Waals surface area contributed by atoms with Gasteiger partial charge >= 0.3 is 0 Å². The number of hydrogen-bond donors (Lipinski definition) is 1. The predicted molar refractivity (Wildman–Crippen MR) is 69.3 cm³/mol. The average molecular weight is 263 g/mol. The molecule has 0 saturated carbocycles. The summed E-state index contributed by atoms with van der Waals surface area (Å²) in [5, 5.41) is 4.06. The molecule has 1 aromatic carbocycles. The minimum Gasteiger partial charge on any atom is -0.484 e. The van der Waals surface area contributed by atoms with E-state index in [1.165, 1.54) is 0 Å². The summed E-state index contributed by atoms with van der Waals surface area (Å²) in [5.41, 5.74) is 6.85. The topological polar surface area (TPSA) is 53.7 Å². The van der Waals surface area contributed by atoms with Gasteiger partial charge in [0.2, 0.25) is 6.79 Å². The largest absolute Gasteiger partial charge is 0.484 e. The van der Waals surface area contributed by atoms with Gasteiger partial charge in [-0.2, -0.15) is 11.3 Å². The number of nitrogens with two attached hydrogens (primary N) is 1. The van der Waals surface area contributed by atoms with E-state index in [-0.39, 0.29) is 12.9 Å². The van der Waals surface area contributed by atoms with Gasteiger partial charge in [-0.1, -0.05) is 0 Å². The van der Waals surface area contributed by atoms with Crippen molar-refractivity contribution in [1.82, 2.24) is 0 Å². The molecule has 1 aliphatic rings. The summed E-state index contributed by atoms with van der Waals surface area (Å²) in [7, 11) is 0. The van der Waals surface area contributed by atoms with Gasteiger partial charge in [-0.05, 0) is 29.0 Å². The second-order valence-electron chi connectivity index (χ2n) is 3.91. The smallest absolute Gasteiger partial charge is 0.231 e. The van der Waals surface area contributed by atoms with Crippen LogP contribution in [0.2, 0.25) is 0 Å². The van der Waals surface area contributed by atoms with Crippen molar-refractivity contribution in [2.75, 3.05) is 13.3 Å². The molecule has 18 heavy (non-hydrogen) atoms. The van der Waals surface area contributed by atoms with E-state index in [4.69, 9.17) is 19.9 Å². The molecular weight excluding hydrogens is 250 g/mol. The second kappa shape index (κ2) is 4.88. The van der Waals surface area contributed by atoms with E-state index in [1.54, 1.807) is 11.3 Å². The third kappa shape index (κ3) is 2.14. The Kier molecular flexibility index (Phi) is 3.08. The SMILES string of the molecule is NCC(Oc1ccc2c(c1)OCO2)c1ccsc1. The normalized spacial score (nSPS) is 14.5. The third-order valence-electron chi connectivity index (χ3n) is 2.75. The minimum absolute atomic E-state index is 0.128. The first-order valence-corrected chi connectivity index (χ1v) is 6.59. The summed E-state index contributed by atoms with van der Waals surface area (Å²) in [5.74, 6) is 2.21. The molecule has 0 saturated heterocycles. The number of rotatable bonds is 4. The number of thiophene rings is 1. The lowest BCUT2D eigenvalue weighted by molar-refractivity contribution is 0.173. The van der Waals surface area contributed by atoms with Crippen LogP contribution in [0.5, 0.6) is 17.2 Å². The molecule has 0 radical (unpaired) electrons. The van der Waals surface area contributed by atoms with Crippen LogP contribution in [0.15, 0.2) is 35.0 Å². The van der Waals surface area contributed by atoms with Crippen molar-refractivity contribution >= 4 is 11.3 Å². The maximum atomic E-state index is 5.88.